The number of rotatable bonds is 5. The largest absolute Gasteiger partial charge is 0.497 e. The average molecular weight is 329 g/mol. The minimum absolute atomic E-state index is 0.820. The third-order valence-electron chi connectivity index (χ3n) is 3.95. The van der Waals surface area contributed by atoms with Crippen LogP contribution in [0.15, 0.2) is 72.8 Å². The normalized spacial score (nSPS) is 9.96. The van der Waals surface area contributed by atoms with Gasteiger partial charge in [-0.2, -0.15) is 0 Å². The highest BCUT2D eigenvalue weighted by molar-refractivity contribution is 5.77. The summed E-state index contributed by atoms with van der Waals surface area (Å²) in [6.45, 7) is 0. The molecule has 0 aliphatic carbocycles. The van der Waals surface area contributed by atoms with E-state index in [2.05, 4.69) is 10.8 Å². The van der Waals surface area contributed by atoms with Crippen molar-refractivity contribution in [3.05, 3.63) is 78.4 Å². The SMILES string of the molecule is C#Cc1ccc(N(c2ccc(OC)cc2)c2ccc(OC)cc2)cc1. The number of benzene rings is 3. The predicted octanol–water partition coefficient (Wildman–Crippen LogP) is 5.15. The van der Waals surface area contributed by atoms with E-state index in [1.807, 2.05) is 72.8 Å². The van der Waals surface area contributed by atoms with Crippen molar-refractivity contribution in [2.24, 2.45) is 0 Å². The monoisotopic (exact) mass is 329 g/mol. The van der Waals surface area contributed by atoms with Crippen LogP contribution in [0.3, 0.4) is 0 Å². The van der Waals surface area contributed by atoms with E-state index in [0.29, 0.717) is 0 Å². The first-order chi connectivity index (χ1) is 12.2. The zero-order valence-corrected chi connectivity index (χ0v) is 14.3. The highest BCUT2D eigenvalue weighted by atomic mass is 16.5. The van der Waals surface area contributed by atoms with Crippen molar-refractivity contribution in [1.82, 2.24) is 0 Å². The second-order valence-electron chi connectivity index (χ2n) is 5.42. The fourth-order valence-corrected chi connectivity index (χ4v) is 2.62. The van der Waals surface area contributed by atoms with E-state index >= 15 is 0 Å². The molecule has 3 aromatic carbocycles. The van der Waals surface area contributed by atoms with Gasteiger partial charge in [-0.15, -0.1) is 6.42 Å². The van der Waals surface area contributed by atoms with Gasteiger partial charge in [0.2, 0.25) is 0 Å². The topological polar surface area (TPSA) is 21.7 Å². The zero-order chi connectivity index (χ0) is 17.6. The van der Waals surface area contributed by atoms with Gasteiger partial charge in [-0.3, -0.25) is 0 Å². The van der Waals surface area contributed by atoms with Gasteiger partial charge in [0.15, 0.2) is 0 Å². The molecule has 0 N–H and O–H groups in total. The van der Waals surface area contributed by atoms with Crippen LogP contribution >= 0.6 is 0 Å². The molecule has 3 aromatic rings. The lowest BCUT2D eigenvalue weighted by Gasteiger charge is -2.25. The van der Waals surface area contributed by atoms with Crippen LogP contribution in [0.5, 0.6) is 11.5 Å². The molecule has 25 heavy (non-hydrogen) atoms. The molecule has 124 valence electrons. The summed E-state index contributed by atoms with van der Waals surface area (Å²) in [6.07, 6.45) is 5.47. The van der Waals surface area contributed by atoms with Gasteiger partial charge in [0.1, 0.15) is 11.5 Å². The van der Waals surface area contributed by atoms with Crippen molar-refractivity contribution in [1.29, 1.82) is 0 Å². The Bertz CT molecular complexity index is 812. The number of hydrogen-bond donors (Lipinski definition) is 0. The van der Waals surface area contributed by atoms with Gasteiger partial charge in [0.05, 0.1) is 14.2 Å². The van der Waals surface area contributed by atoms with E-state index in [1.54, 1.807) is 14.2 Å². The molecule has 3 rings (SSSR count). The van der Waals surface area contributed by atoms with Crippen molar-refractivity contribution in [3.8, 4) is 23.8 Å². The maximum Gasteiger partial charge on any atom is 0.119 e. The van der Waals surface area contributed by atoms with Gasteiger partial charge < -0.3 is 14.4 Å². The first kappa shape index (κ1) is 16.5. The van der Waals surface area contributed by atoms with E-state index in [-0.39, 0.29) is 0 Å². The fourth-order valence-electron chi connectivity index (χ4n) is 2.62. The maximum atomic E-state index is 5.47. The van der Waals surface area contributed by atoms with E-state index in [1.165, 1.54) is 0 Å². The summed E-state index contributed by atoms with van der Waals surface area (Å²) in [6, 6.07) is 23.8. The molecule has 0 spiro atoms. The van der Waals surface area contributed by atoms with Crippen molar-refractivity contribution in [3.63, 3.8) is 0 Å². The number of methoxy groups -OCH3 is 2. The lowest BCUT2D eigenvalue weighted by molar-refractivity contribution is 0.415. The summed E-state index contributed by atoms with van der Waals surface area (Å²) in [5.74, 6) is 4.29. The Labute approximate surface area is 148 Å². The lowest BCUT2D eigenvalue weighted by atomic mass is 10.1. The van der Waals surface area contributed by atoms with Crippen LogP contribution in [-0.2, 0) is 0 Å². The second-order valence-corrected chi connectivity index (χ2v) is 5.42. The quantitative estimate of drug-likeness (QED) is 0.604. The molecule has 0 saturated heterocycles. The minimum atomic E-state index is 0.820. The summed E-state index contributed by atoms with van der Waals surface area (Å²) in [4.78, 5) is 2.15. The lowest BCUT2D eigenvalue weighted by Crippen LogP contribution is -2.09. The Morgan fingerprint density at radius 1 is 0.640 bits per heavy atom. The molecule has 0 saturated carbocycles. The average Bonchev–Trinajstić information content (AvgIpc) is 2.70. The summed E-state index contributed by atoms with van der Waals surface area (Å²) in [5, 5.41) is 0. The smallest absolute Gasteiger partial charge is 0.119 e. The Hall–Kier alpha value is -3.38. The molecule has 0 fully saturated rings. The van der Waals surface area contributed by atoms with Crippen LogP contribution in [-0.4, -0.2) is 14.2 Å². The van der Waals surface area contributed by atoms with Crippen LogP contribution in [0, 0.1) is 12.3 Å². The van der Waals surface area contributed by atoms with Crippen LogP contribution in [0.1, 0.15) is 5.56 Å². The van der Waals surface area contributed by atoms with Gasteiger partial charge in [0.25, 0.3) is 0 Å². The molecule has 0 aliphatic rings. The van der Waals surface area contributed by atoms with Crippen LogP contribution in [0.25, 0.3) is 0 Å². The standard InChI is InChI=1S/C22H19NO2/c1-4-17-5-7-18(8-6-17)23(19-9-13-21(24-2)14-10-19)20-11-15-22(25-3)16-12-20/h1,5-16H,2-3H3. The highest BCUT2D eigenvalue weighted by Crippen LogP contribution is 2.36. The van der Waals surface area contributed by atoms with Crippen molar-refractivity contribution in [2.75, 3.05) is 19.1 Å². The molecule has 0 radical (unpaired) electrons. The number of terminal acetylenes is 1. The molecule has 3 nitrogen and oxygen atoms in total. The molecule has 3 heteroatoms. The first-order valence-electron chi connectivity index (χ1n) is 7.90. The minimum Gasteiger partial charge on any atom is -0.497 e. The highest BCUT2D eigenvalue weighted by Gasteiger charge is 2.12. The summed E-state index contributed by atoms with van der Waals surface area (Å²) < 4.78 is 10.5. The van der Waals surface area contributed by atoms with Gasteiger partial charge in [-0.1, -0.05) is 5.92 Å². The molecule has 0 aliphatic heterocycles. The number of anilines is 3. The van der Waals surface area contributed by atoms with Gasteiger partial charge in [-0.25, -0.2) is 0 Å². The van der Waals surface area contributed by atoms with Gasteiger partial charge in [-0.05, 0) is 72.8 Å². The molecule has 0 atom stereocenters. The van der Waals surface area contributed by atoms with E-state index in [4.69, 9.17) is 15.9 Å². The molecule has 0 aromatic heterocycles. The molecular weight excluding hydrogens is 310 g/mol. The van der Waals surface area contributed by atoms with Crippen LogP contribution in [0.2, 0.25) is 0 Å². The summed E-state index contributed by atoms with van der Waals surface area (Å²) in [7, 11) is 3.32. The number of nitrogens with zero attached hydrogens (tertiary/aromatic N) is 1. The van der Waals surface area contributed by atoms with Gasteiger partial charge >= 0.3 is 0 Å². The Kier molecular flexibility index (Phi) is 4.92. The van der Waals surface area contributed by atoms with E-state index in [9.17, 15) is 0 Å². The molecule has 0 amide bonds. The third-order valence-corrected chi connectivity index (χ3v) is 3.95. The summed E-state index contributed by atoms with van der Waals surface area (Å²) in [5.41, 5.74) is 3.93. The maximum absolute atomic E-state index is 5.47. The van der Waals surface area contributed by atoms with Crippen molar-refractivity contribution < 1.29 is 9.47 Å². The first-order valence-corrected chi connectivity index (χ1v) is 7.90. The fraction of sp³-hybridized carbons (Fsp3) is 0.0909. The van der Waals surface area contributed by atoms with Gasteiger partial charge in [0, 0.05) is 22.6 Å². The molecular formula is C22H19NO2. The number of hydrogen-bond acceptors (Lipinski definition) is 3. The zero-order valence-electron chi connectivity index (χ0n) is 14.3. The second kappa shape index (κ2) is 7.46. The summed E-state index contributed by atoms with van der Waals surface area (Å²) >= 11 is 0. The van der Waals surface area contributed by atoms with Crippen molar-refractivity contribution >= 4 is 17.1 Å². The van der Waals surface area contributed by atoms with Crippen LogP contribution < -0.4 is 14.4 Å². The Morgan fingerprint density at radius 2 is 1.00 bits per heavy atom. The van der Waals surface area contributed by atoms with Crippen molar-refractivity contribution in [2.45, 2.75) is 0 Å². The molecule has 0 heterocycles. The third kappa shape index (κ3) is 3.59. The van der Waals surface area contributed by atoms with E-state index in [0.717, 1.165) is 34.1 Å². The van der Waals surface area contributed by atoms with E-state index < -0.39 is 0 Å². The molecule has 0 unspecified atom stereocenters. The number of ether oxygens (including phenoxy) is 2. The predicted molar refractivity (Wildman–Crippen MR) is 102 cm³/mol. The van der Waals surface area contributed by atoms with Crippen LogP contribution in [0.4, 0.5) is 17.1 Å². The molecule has 0 bridgehead atoms. The Morgan fingerprint density at radius 3 is 1.32 bits per heavy atom. The Balaban J connectivity index is 2.06.